The molecule has 0 fully saturated rings. The van der Waals surface area contributed by atoms with E-state index in [9.17, 15) is 4.79 Å². The minimum Gasteiger partial charge on any atom is -0.348 e. The molecular weight excluding hydrogens is 248 g/mol. The third-order valence-corrected chi connectivity index (χ3v) is 3.59. The number of nitrogens with one attached hydrogen (secondary N) is 1. The Bertz CT molecular complexity index is 589. The number of hydrogen-bond acceptors (Lipinski definition) is 1. The van der Waals surface area contributed by atoms with E-state index < -0.39 is 0 Å². The maximum absolute atomic E-state index is 12.1. The Morgan fingerprint density at radius 1 is 1.50 bits per heavy atom. The maximum Gasteiger partial charge on any atom is 0.268 e. The van der Waals surface area contributed by atoms with Crippen molar-refractivity contribution in [3.8, 4) is 0 Å². The molecule has 1 unspecified atom stereocenters. The normalized spacial score (nSPS) is 12.7. The zero-order valence-electron chi connectivity index (χ0n) is 10.8. The van der Waals surface area contributed by atoms with Gasteiger partial charge in [0, 0.05) is 29.0 Å². The zero-order chi connectivity index (χ0) is 13.3. The van der Waals surface area contributed by atoms with Gasteiger partial charge in [-0.3, -0.25) is 4.79 Å². The molecule has 1 N–H and O–H groups in total. The van der Waals surface area contributed by atoms with E-state index in [0.29, 0.717) is 10.7 Å². The number of carbonyl (C=O) groups excluding carboxylic acids is 1. The fourth-order valence-corrected chi connectivity index (χ4v) is 2.17. The Morgan fingerprint density at radius 3 is 2.83 bits per heavy atom. The predicted molar refractivity (Wildman–Crippen MR) is 75.1 cm³/mol. The molecule has 4 heteroatoms. The molecule has 1 aromatic heterocycles. The minimum atomic E-state index is -0.0564. The molecule has 2 aromatic rings. The molecule has 0 radical (unpaired) electrons. The second-order valence-electron chi connectivity index (χ2n) is 4.54. The highest BCUT2D eigenvalue weighted by Gasteiger charge is 2.15. The summed E-state index contributed by atoms with van der Waals surface area (Å²) in [6.07, 6.45) is 0.913. The molecule has 0 aliphatic carbocycles. The monoisotopic (exact) mass is 264 g/mol. The van der Waals surface area contributed by atoms with Crippen LogP contribution in [0.5, 0.6) is 0 Å². The van der Waals surface area contributed by atoms with Crippen LogP contribution in [0.15, 0.2) is 24.3 Å². The summed E-state index contributed by atoms with van der Waals surface area (Å²) in [7, 11) is 1.88. The number of carbonyl (C=O) groups is 1. The van der Waals surface area contributed by atoms with Crippen molar-refractivity contribution in [3.05, 3.63) is 35.0 Å². The first-order valence-corrected chi connectivity index (χ1v) is 6.47. The molecule has 1 atom stereocenters. The second kappa shape index (κ2) is 5.02. The van der Waals surface area contributed by atoms with Gasteiger partial charge in [-0.25, -0.2) is 0 Å². The van der Waals surface area contributed by atoms with Crippen molar-refractivity contribution in [2.24, 2.45) is 7.05 Å². The van der Waals surface area contributed by atoms with E-state index in [4.69, 9.17) is 11.6 Å². The third kappa shape index (κ3) is 2.23. The number of amides is 1. The summed E-state index contributed by atoms with van der Waals surface area (Å²) in [5.74, 6) is -0.0564. The molecule has 1 aromatic carbocycles. The first-order chi connectivity index (χ1) is 8.54. The van der Waals surface area contributed by atoms with E-state index in [2.05, 4.69) is 5.32 Å². The summed E-state index contributed by atoms with van der Waals surface area (Å²) in [5, 5.41) is 4.55. The van der Waals surface area contributed by atoms with Crippen LogP contribution in [-0.4, -0.2) is 16.5 Å². The van der Waals surface area contributed by atoms with Crippen molar-refractivity contribution in [1.29, 1.82) is 0 Å². The third-order valence-electron chi connectivity index (χ3n) is 3.26. The molecule has 0 saturated carbocycles. The molecule has 2 rings (SSSR count). The SMILES string of the molecule is CCC(C)NC(=O)c1cc2c(Cl)cccc2n1C. The molecular formula is C14H17ClN2O. The molecule has 0 aliphatic heterocycles. The van der Waals surface area contributed by atoms with Crippen LogP contribution < -0.4 is 5.32 Å². The fourth-order valence-electron chi connectivity index (χ4n) is 1.94. The van der Waals surface area contributed by atoms with E-state index in [1.165, 1.54) is 0 Å². The fraction of sp³-hybridized carbons (Fsp3) is 0.357. The summed E-state index contributed by atoms with van der Waals surface area (Å²) in [4.78, 5) is 12.1. The van der Waals surface area contributed by atoms with Gasteiger partial charge in [-0.1, -0.05) is 24.6 Å². The van der Waals surface area contributed by atoms with E-state index in [1.54, 1.807) is 0 Å². The maximum atomic E-state index is 12.1. The standard InChI is InChI=1S/C14H17ClN2O/c1-4-9(2)16-14(18)13-8-10-11(15)6-5-7-12(10)17(13)3/h5-9H,4H2,1-3H3,(H,16,18). The number of halogens is 1. The van der Waals surface area contributed by atoms with Crippen LogP contribution in [0.4, 0.5) is 0 Å². The molecule has 96 valence electrons. The lowest BCUT2D eigenvalue weighted by Crippen LogP contribution is -2.33. The van der Waals surface area contributed by atoms with Gasteiger partial charge in [-0.05, 0) is 31.5 Å². The van der Waals surface area contributed by atoms with E-state index >= 15 is 0 Å². The van der Waals surface area contributed by atoms with Crippen LogP contribution in [0, 0.1) is 0 Å². The Hall–Kier alpha value is -1.48. The molecule has 0 aliphatic rings. The van der Waals surface area contributed by atoms with Crippen molar-refractivity contribution >= 4 is 28.4 Å². The molecule has 1 heterocycles. The Kier molecular flexibility index (Phi) is 3.62. The smallest absolute Gasteiger partial charge is 0.268 e. The van der Waals surface area contributed by atoms with Crippen LogP contribution in [0.1, 0.15) is 30.8 Å². The highest BCUT2D eigenvalue weighted by Crippen LogP contribution is 2.26. The Balaban J connectivity index is 2.43. The topological polar surface area (TPSA) is 34.0 Å². The van der Waals surface area contributed by atoms with Crippen molar-refractivity contribution in [2.45, 2.75) is 26.3 Å². The van der Waals surface area contributed by atoms with Gasteiger partial charge in [-0.15, -0.1) is 0 Å². The second-order valence-corrected chi connectivity index (χ2v) is 4.95. The Labute approximate surface area is 112 Å². The van der Waals surface area contributed by atoms with Crippen LogP contribution in [-0.2, 0) is 7.05 Å². The van der Waals surface area contributed by atoms with E-state index in [1.807, 2.05) is 49.7 Å². The zero-order valence-corrected chi connectivity index (χ0v) is 11.6. The number of aryl methyl sites for hydroxylation is 1. The van der Waals surface area contributed by atoms with Gasteiger partial charge in [0.2, 0.25) is 0 Å². The number of nitrogens with zero attached hydrogens (tertiary/aromatic N) is 1. The number of fused-ring (bicyclic) bond motifs is 1. The summed E-state index contributed by atoms with van der Waals surface area (Å²) in [6, 6.07) is 7.70. The van der Waals surface area contributed by atoms with Gasteiger partial charge in [0.1, 0.15) is 5.69 Å². The average molecular weight is 265 g/mol. The van der Waals surface area contributed by atoms with Crippen molar-refractivity contribution in [3.63, 3.8) is 0 Å². The summed E-state index contributed by atoms with van der Waals surface area (Å²) in [6.45, 7) is 4.04. The van der Waals surface area contributed by atoms with Gasteiger partial charge in [0.05, 0.1) is 0 Å². The largest absolute Gasteiger partial charge is 0.348 e. The van der Waals surface area contributed by atoms with Gasteiger partial charge in [-0.2, -0.15) is 0 Å². The van der Waals surface area contributed by atoms with Crippen molar-refractivity contribution in [2.75, 3.05) is 0 Å². The first-order valence-electron chi connectivity index (χ1n) is 6.09. The number of rotatable bonds is 3. The summed E-state index contributed by atoms with van der Waals surface area (Å²) >= 11 is 6.14. The lowest BCUT2D eigenvalue weighted by Gasteiger charge is -2.11. The Morgan fingerprint density at radius 2 is 2.22 bits per heavy atom. The van der Waals surface area contributed by atoms with Crippen LogP contribution >= 0.6 is 11.6 Å². The van der Waals surface area contributed by atoms with Gasteiger partial charge < -0.3 is 9.88 Å². The highest BCUT2D eigenvalue weighted by atomic mass is 35.5. The minimum absolute atomic E-state index is 0.0564. The lowest BCUT2D eigenvalue weighted by atomic mass is 10.2. The summed E-state index contributed by atoms with van der Waals surface area (Å²) in [5.41, 5.74) is 1.61. The van der Waals surface area contributed by atoms with Gasteiger partial charge in [0.15, 0.2) is 0 Å². The lowest BCUT2D eigenvalue weighted by molar-refractivity contribution is 0.0931. The molecule has 0 spiro atoms. The number of benzene rings is 1. The van der Waals surface area contributed by atoms with Crippen molar-refractivity contribution < 1.29 is 4.79 Å². The molecule has 0 saturated heterocycles. The van der Waals surface area contributed by atoms with Crippen molar-refractivity contribution in [1.82, 2.24) is 9.88 Å². The quantitative estimate of drug-likeness (QED) is 0.906. The molecule has 0 bridgehead atoms. The van der Waals surface area contributed by atoms with Crippen LogP contribution in [0.2, 0.25) is 5.02 Å². The highest BCUT2D eigenvalue weighted by molar-refractivity contribution is 6.35. The average Bonchev–Trinajstić information content (AvgIpc) is 2.69. The molecule has 1 amide bonds. The predicted octanol–water partition coefficient (Wildman–Crippen LogP) is 3.36. The molecule has 18 heavy (non-hydrogen) atoms. The van der Waals surface area contributed by atoms with Crippen LogP contribution in [0.3, 0.4) is 0 Å². The van der Waals surface area contributed by atoms with E-state index in [0.717, 1.165) is 17.3 Å². The molecule has 3 nitrogen and oxygen atoms in total. The van der Waals surface area contributed by atoms with Gasteiger partial charge in [0.25, 0.3) is 5.91 Å². The van der Waals surface area contributed by atoms with Crippen LogP contribution in [0.25, 0.3) is 10.9 Å². The number of hydrogen-bond donors (Lipinski definition) is 1. The first kappa shape index (κ1) is 13.0. The summed E-state index contributed by atoms with van der Waals surface area (Å²) < 4.78 is 1.87. The van der Waals surface area contributed by atoms with Gasteiger partial charge >= 0.3 is 0 Å². The van der Waals surface area contributed by atoms with E-state index in [-0.39, 0.29) is 11.9 Å². The number of aromatic nitrogens is 1.